The second-order valence-corrected chi connectivity index (χ2v) is 4.84. The minimum absolute atomic E-state index is 0.452. The van der Waals surface area contributed by atoms with Crippen LogP contribution in [0.2, 0.25) is 0 Å². The molecule has 0 N–H and O–H groups in total. The molecule has 1 aliphatic rings. The molecule has 1 nitrogen and oxygen atoms in total. The summed E-state index contributed by atoms with van der Waals surface area (Å²) in [7, 11) is 0. The standard InChI is InChI=1S/C14H19ClO/c15-11-3-4-12-7-9-14(10-8-12)16-13-5-1-2-6-13/h7-10,13H,1-6,11H2. The Morgan fingerprint density at radius 2 is 1.81 bits per heavy atom. The minimum Gasteiger partial charge on any atom is -0.490 e. The molecule has 16 heavy (non-hydrogen) atoms. The van der Waals surface area contributed by atoms with Crippen LogP contribution < -0.4 is 4.74 Å². The van der Waals surface area contributed by atoms with Crippen molar-refractivity contribution in [2.24, 2.45) is 0 Å². The van der Waals surface area contributed by atoms with Gasteiger partial charge in [0.2, 0.25) is 0 Å². The largest absolute Gasteiger partial charge is 0.490 e. The highest BCUT2D eigenvalue weighted by Gasteiger charge is 2.16. The quantitative estimate of drug-likeness (QED) is 0.700. The molecular weight excluding hydrogens is 220 g/mol. The molecule has 0 spiro atoms. The van der Waals surface area contributed by atoms with Crippen LogP contribution in [0.25, 0.3) is 0 Å². The molecule has 2 rings (SSSR count). The number of aryl methyl sites for hydroxylation is 1. The third kappa shape index (κ3) is 3.41. The first-order chi connectivity index (χ1) is 7.88. The van der Waals surface area contributed by atoms with E-state index in [1.807, 2.05) is 0 Å². The summed E-state index contributed by atoms with van der Waals surface area (Å²) in [4.78, 5) is 0. The van der Waals surface area contributed by atoms with Crippen molar-refractivity contribution >= 4 is 11.6 Å². The van der Waals surface area contributed by atoms with E-state index in [2.05, 4.69) is 24.3 Å². The summed E-state index contributed by atoms with van der Waals surface area (Å²) in [6.07, 6.45) is 7.63. The highest BCUT2D eigenvalue weighted by Crippen LogP contribution is 2.24. The van der Waals surface area contributed by atoms with E-state index < -0.39 is 0 Å². The summed E-state index contributed by atoms with van der Waals surface area (Å²) < 4.78 is 5.91. The lowest BCUT2D eigenvalue weighted by atomic mass is 10.1. The maximum Gasteiger partial charge on any atom is 0.119 e. The Balaban J connectivity index is 1.86. The molecule has 1 fully saturated rings. The monoisotopic (exact) mass is 238 g/mol. The zero-order valence-corrected chi connectivity index (χ0v) is 10.4. The van der Waals surface area contributed by atoms with Crippen molar-refractivity contribution in [2.45, 2.75) is 44.6 Å². The molecule has 0 bridgehead atoms. The molecular formula is C14H19ClO. The van der Waals surface area contributed by atoms with Crippen LogP contribution in [0.4, 0.5) is 0 Å². The maximum absolute atomic E-state index is 5.91. The number of hydrogen-bond acceptors (Lipinski definition) is 1. The first kappa shape index (κ1) is 11.8. The molecule has 0 saturated heterocycles. The Labute approximate surface area is 103 Å². The van der Waals surface area contributed by atoms with Gasteiger partial charge in [-0.1, -0.05) is 12.1 Å². The molecule has 0 aromatic heterocycles. The van der Waals surface area contributed by atoms with Crippen molar-refractivity contribution in [1.82, 2.24) is 0 Å². The highest BCUT2D eigenvalue weighted by atomic mass is 35.5. The second kappa shape index (κ2) is 6.15. The van der Waals surface area contributed by atoms with Gasteiger partial charge in [-0.25, -0.2) is 0 Å². The van der Waals surface area contributed by atoms with Gasteiger partial charge in [-0.2, -0.15) is 0 Å². The Kier molecular flexibility index (Phi) is 4.53. The number of rotatable bonds is 5. The van der Waals surface area contributed by atoms with Crippen molar-refractivity contribution < 1.29 is 4.74 Å². The molecule has 2 heteroatoms. The van der Waals surface area contributed by atoms with E-state index in [1.165, 1.54) is 31.2 Å². The smallest absolute Gasteiger partial charge is 0.119 e. The molecule has 0 atom stereocenters. The summed E-state index contributed by atoms with van der Waals surface area (Å²) in [5.41, 5.74) is 1.35. The average Bonchev–Trinajstić information content (AvgIpc) is 2.81. The SMILES string of the molecule is ClCCCc1ccc(OC2CCCC2)cc1. The molecule has 0 unspecified atom stereocenters. The number of benzene rings is 1. The highest BCUT2D eigenvalue weighted by molar-refractivity contribution is 6.17. The average molecular weight is 239 g/mol. The van der Waals surface area contributed by atoms with Crippen molar-refractivity contribution in [3.05, 3.63) is 29.8 Å². The fraction of sp³-hybridized carbons (Fsp3) is 0.571. The van der Waals surface area contributed by atoms with Crippen molar-refractivity contribution in [3.8, 4) is 5.75 Å². The first-order valence-corrected chi connectivity index (χ1v) is 6.73. The van der Waals surface area contributed by atoms with Crippen LogP contribution in [0, 0.1) is 0 Å². The minimum atomic E-state index is 0.452. The van der Waals surface area contributed by atoms with Crippen LogP contribution in [-0.4, -0.2) is 12.0 Å². The molecule has 88 valence electrons. The van der Waals surface area contributed by atoms with Crippen LogP contribution >= 0.6 is 11.6 Å². The van der Waals surface area contributed by atoms with Gasteiger partial charge in [-0.15, -0.1) is 11.6 Å². The summed E-state index contributed by atoms with van der Waals surface area (Å²) in [5, 5.41) is 0. The lowest BCUT2D eigenvalue weighted by Crippen LogP contribution is -2.10. The summed E-state index contributed by atoms with van der Waals surface area (Å²) >= 11 is 5.67. The van der Waals surface area contributed by atoms with Crippen LogP contribution in [0.1, 0.15) is 37.7 Å². The van der Waals surface area contributed by atoms with Gasteiger partial charge < -0.3 is 4.74 Å². The Morgan fingerprint density at radius 1 is 1.12 bits per heavy atom. The Hall–Kier alpha value is -0.690. The predicted molar refractivity (Wildman–Crippen MR) is 68.4 cm³/mol. The Morgan fingerprint density at radius 3 is 2.44 bits per heavy atom. The molecule has 0 amide bonds. The maximum atomic E-state index is 5.91. The van der Waals surface area contributed by atoms with Crippen molar-refractivity contribution in [3.63, 3.8) is 0 Å². The molecule has 1 aliphatic carbocycles. The zero-order valence-electron chi connectivity index (χ0n) is 9.62. The van der Waals surface area contributed by atoms with Gasteiger partial charge in [-0.05, 0) is 56.2 Å². The van der Waals surface area contributed by atoms with Gasteiger partial charge in [0.25, 0.3) is 0 Å². The van der Waals surface area contributed by atoms with Gasteiger partial charge in [-0.3, -0.25) is 0 Å². The van der Waals surface area contributed by atoms with Crippen LogP contribution in [0.3, 0.4) is 0 Å². The van der Waals surface area contributed by atoms with Gasteiger partial charge >= 0.3 is 0 Å². The third-order valence-electron chi connectivity index (χ3n) is 3.13. The van der Waals surface area contributed by atoms with Crippen LogP contribution in [-0.2, 0) is 6.42 Å². The molecule has 1 saturated carbocycles. The molecule has 0 radical (unpaired) electrons. The fourth-order valence-electron chi connectivity index (χ4n) is 2.20. The van der Waals surface area contributed by atoms with E-state index >= 15 is 0 Å². The Bertz CT molecular complexity index is 301. The van der Waals surface area contributed by atoms with Crippen LogP contribution in [0.5, 0.6) is 5.75 Å². The zero-order chi connectivity index (χ0) is 11.2. The molecule has 1 aromatic rings. The van der Waals surface area contributed by atoms with Crippen LogP contribution in [0.15, 0.2) is 24.3 Å². The number of ether oxygens (including phenoxy) is 1. The first-order valence-electron chi connectivity index (χ1n) is 6.20. The van der Waals surface area contributed by atoms with Crippen molar-refractivity contribution in [2.75, 3.05) is 5.88 Å². The topological polar surface area (TPSA) is 9.23 Å². The van der Waals surface area contributed by atoms with Gasteiger partial charge in [0.05, 0.1) is 6.10 Å². The fourth-order valence-corrected chi connectivity index (χ4v) is 2.34. The van der Waals surface area contributed by atoms with E-state index in [9.17, 15) is 0 Å². The number of halogens is 1. The molecule has 0 aliphatic heterocycles. The van der Waals surface area contributed by atoms with Gasteiger partial charge in [0, 0.05) is 5.88 Å². The third-order valence-corrected chi connectivity index (χ3v) is 3.39. The lowest BCUT2D eigenvalue weighted by Gasteiger charge is -2.13. The lowest BCUT2D eigenvalue weighted by molar-refractivity contribution is 0.210. The van der Waals surface area contributed by atoms with E-state index in [1.54, 1.807) is 0 Å². The predicted octanol–water partition coefficient (Wildman–Crippen LogP) is 4.18. The van der Waals surface area contributed by atoms with Gasteiger partial charge in [0.1, 0.15) is 5.75 Å². The molecule has 0 heterocycles. The normalized spacial score (nSPS) is 16.6. The van der Waals surface area contributed by atoms with Crippen molar-refractivity contribution in [1.29, 1.82) is 0 Å². The van der Waals surface area contributed by atoms with Gasteiger partial charge in [0.15, 0.2) is 0 Å². The van der Waals surface area contributed by atoms with E-state index in [0.717, 1.165) is 24.5 Å². The number of hydrogen-bond donors (Lipinski definition) is 0. The second-order valence-electron chi connectivity index (χ2n) is 4.46. The summed E-state index contributed by atoms with van der Waals surface area (Å²) in [6.45, 7) is 0. The van der Waals surface area contributed by atoms with E-state index in [0.29, 0.717) is 6.10 Å². The summed E-state index contributed by atoms with van der Waals surface area (Å²) in [5.74, 6) is 1.75. The number of alkyl halides is 1. The van der Waals surface area contributed by atoms with E-state index in [-0.39, 0.29) is 0 Å². The van der Waals surface area contributed by atoms with E-state index in [4.69, 9.17) is 16.3 Å². The molecule has 1 aromatic carbocycles. The summed E-state index contributed by atoms with van der Waals surface area (Å²) in [6, 6.07) is 8.47.